The molecule has 0 atom stereocenters. The Bertz CT molecular complexity index is 428. The van der Waals surface area contributed by atoms with Gasteiger partial charge in [0.25, 0.3) is 0 Å². The van der Waals surface area contributed by atoms with Crippen LogP contribution in [0.1, 0.15) is 49.1 Å². The van der Waals surface area contributed by atoms with Gasteiger partial charge in [-0.15, -0.1) is 0 Å². The van der Waals surface area contributed by atoms with Crippen LogP contribution in [-0.2, 0) is 6.42 Å². The number of rotatable bonds is 3. The van der Waals surface area contributed by atoms with Gasteiger partial charge >= 0.3 is 0 Å². The van der Waals surface area contributed by atoms with Gasteiger partial charge in [0.2, 0.25) is 0 Å². The third-order valence-corrected chi connectivity index (χ3v) is 4.09. The Balaban J connectivity index is 1.66. The second kappa shape index (κ2) is 4.91. The van der Waals surface area contributed by atoms with Crippen LogP contribution in [-0.4, -0.2) is 0 Å². The summed E-state index contributed by atoms with van der Waals surface area (Å²) in [5.41, 5.74) is 4.46. The van der Waals surface area contributed by atoms with Crippen molar-refractivity contribution < 1.29 is 0 Å². The fraction of sp³-hybridized carbons (Fsp3) is 0.412. The van der Waals surface area contributed by atoms with E-state index in [4.69, 9.17) is 0 Å². The number of hydrogen-bond donors (Lipinski definition) is 0. The van der Waals surface area contributed by atoms with E-state index >= 15 is 0 Å². The predicted molar refractivity (Wildman–Crippen MR) is 73.2 cm³/mol. The van der Waals surface area contributed by atoms with Gasteiger partial charge in [-0.1, -0.05) is 61.8 Å². The first-order valence-corrected chi connectivity index (χ1v) is 6.88. The van der Waals surface area contributed by atoms with Crippen molar-refractivity contribution in [2.75, 3.05) is 0 Å². The molecule has 17 heavy (non-hydrogen) atoms. The van der Waals surface area contributed by atoms with Crippen LogP contribution >= 0.6 is 0 Å². The van der Waals surface area contributed by atoms with E-state index in [0.717, 1.165) is 12.3 Å². The summed E-state index contributed by atoms with van der Waals surface area (Å²) in [7, 11) is 0. The SMILES string of the molecule is C1=CC(Cc2ccc(C3CCCCC3)cc2)=C1. The summed E-state index contributed by atoms with van der Waals surface area (Å²) in [4.78, 5) is 0. The predicted octanol–water partition coefficient (Wildman–Crippen LogP) is 4.77. The first kappa shape index (κ1) is 10.8. The summed E-state index contributed by atoms with van der Waals surface area (Å²) in [6.45, 7) is 0. The van der Waals surface area contributed by atoms with Crippen LogP contribution in [0.3, 0.4) is 0 Å². The Morgan fingerprint density at radius 2 is 1.65 bits per heavy atom. The minimum atomic E-state index is 0.834. The Morgan fingerprint density at radius 3 is 2.24 bits per heavy atom. The molecule has 2 aliphatic carbocycles. The molecule has 1 saturated carbocycles. The van der Waals surface area contributed by atoms with Crippen LogP contribution in [0.2, 0.25) is 0 Å². The van der Waals surface area contributed by atoms with Crippen LogP contribution in [0, 0.1) is 0 Å². The molecule has 0 spiro atoms. The van der Waals surface area contributed by atoms with Crippen molar-refractivity contribution in [2.45, 2.75) is 44.4 Å². The maximum atomic E-state index is 2.36. The maximum absolute atomic E-state index is 2.36. The average molecular weight is 224 g/mol. The van der Waals surface area contributed by atoms with E-state index in [-0.39, 0.29) is 0 Å². The molecule has 0 saturated heterocycles. The monoisotopic (exact) mass is 224 g/mol. The number of benzene rings is 1. The van der Waals surface area contributed by atoms with Gasteiger partial charge in [-0.25, -0.2) is 0 Å². The van der Waals surface area contributed by atoms with Crippen molar-refractivity contribution in [3.8, 4) is 0 Å². The summed E-state index contributed by atoms with van der Waals surface area (Å²) in [5, 5.41) is 0. The second-order valence-corrected chi connectivity index (χ2v) is 5.35. The highest BCUT2D eigenvalue weighted by Crippen LogP contribution is 2.32. The van der Waals surface area contributed by atoms with E-state index in [1.54, 1.807) is 5.56 Å². The Kier molecular flexibility index (Phi) is 3.13. The second-order valence-electron chi connectivity index (χ2n) is 5.35. The molecule has 2 aliphatic rings. The van der Waals surface area contributed by atoms with Crippen LogP contribution in [0.15, 0.2) is 48.1 Å². The molecule has 0 radical (unpaired) electrons. The van der Waals surface area contributed by atoms with E-state index in [1.165, 1.54) is 43.2 Å². The lowest BCUT2D eigenvalue weighted by Crippen LogP contribution is -2.04. The standard InChI is InChI=1S/C17H20/c1-2-7-16(8-3-1)17-11-9-15(10-12-17)13-14-5-4-6-14/h4-6,9-12,16H,1-3,7-8,13H2. The highest BCUT2D eigenvalue weighted by Gasteiger charge is 2.15. The van der Waals surface area contributed by atoms with Gasteiger partial charge in [0.1, 0.15) is 0 Å². The van der Waals surface area contributed by atoms with Crippen molar-refractivity contribution in [3.05, 3.63) is 59.2 Å². The van der Waals surface area contributed by atoms with Crippen LogP contribution in [0.4, 0.5) is 0 Å². The van der Waals surface area contributed by atoms with E-state index in [0.29, 0.717) is 0 Å². The molecule has 88 valence electrons. The lowest BCUT2D eigenvalue weighted by atomic mass is 9.83. The molecular formula is C17H20. The summed E-state index contributed by atoms with van der Waals surface area (Å²) >= 11 is 0. The first-order valence-electron chi connectivity index (χ1n) is 6.88. The van der Waals surface area contributed by atoms with E-state index in [2.05, 4.69) is 42.5 Å². The zero-order chi connectivity index (χ0) is 11.5. The van der Waals surface area contributed by atoms with E-state index in [9.17, 15) is 0 Å². The maximum Gasteiger partial charge on any atom is -0.00258 e. The molecule has 0 heteroatoms. The van der Waals surface area contributed by atoms with E-state index < -0.39 is 0 Å². The van der Waals surface area contributed by atoms with Crippen molar-refractivity contribution >= 4 is 0 Å². The molecule has 0 N–H and O–H groups in total. The molecule has 0 aromatic heterocycles. The van der Waals surface area contributed by atoms with Crippen molar-refractivity contribution in [1.29, 1.82) is 0 Å². The van der Waals surface area contributed by atoms with E-state index in [1.807, 2.05) is 0 Å². The highest BCUT2D eigenvalue weighted by atomic mass is 14.2. The molecule has 0 aliphatic heterocycles. The fourth-order valence-electron chi connectivity index (χ4n) is 2.93. The minimum absolute atomic E-state index is 0.834. The Labute approximate surface area is 104 Å². The summed E-state index contributed by atoms with van der Waals surface area (Å²) in [5.74, 6) is 0.834. The summed E-state index contributed by atoms with van der Waals surface area (Å²) in [6.07, 6.45) is 14.7. The molecule has 0 bridgehead atoms. The van der Waals surface area contributed by atoms with Gasteiger partial charge in [0.15, 0.2) is 0 Å². The zero-order valence-corrected chi connectivity index (χ0v) is 10.4. The molecule has 1 aromatic rings. The molecule has 1 aromatic carbocycles. The van der Waals surface area contributed by atoms with Crippen molar-refractivity contribution in [3.63, 3.8) is 0 Å². The van der Waals surface area contributed by atoms with Gasteiger partial charge in [0.05, 0.1) is 0 Å². The quantitative estimate of drug-likeness (QED) is 0.693. The Morgan fingerprint density at radius 1 is 0.941 bits per heavy atom. The van der Waals surface area contributed by atoms with Crippen LogP contribution in [0.5, 0.6) is 0 Å². The molecule has 0 unspecified atom stereocenters. The van der Waals surface area contributed by atoms with Gasteiger partial charge in [0, 0.05) is 0 Å². The van der Waals surface area contributed by atoms with Crippen molar-refractivity contribution in [2.24, 2.45) is 0 Å². The average Bonchev–Trinajstić information content (AvgIpc) is 2.36. The van der Waals surface area contributed by atoms with Gasteiger partial charge in [-0.2, -0.15) is 0 Å². The van der Waals surface area contributed by atoms with Crippen LogP contribution < -0.4 is 0 Å². The highest BCUT2D eigenvalue weighted by molar-refractivity contribution is 5.40. The van der Waals surface area contributed by atoms with Gasteiger partial charge < -0.3 is 0 Å². The summed E-state index contributed by atoms with van der Waals surface area (Å²) in [6, 6.07) is 9.34. The largest absolute Gasteiger partial charge is 0.0617 e. The molecular weight excluding hydrogens is 204 g/mol. The lowest BCUT2D eigenvalue weighted by Gasteiger charge is -2.22. The molecule has 1 fully saturated rings. The lowest BCUT2D eigenvalue weighted by molar-refractivity contribution is 0.443. The minimum Gasteiger partial charge on any atom is -0.0617 e. The third-order valence-electron chi connectivity index (χ3n) is 4.09. The molecule has 0 nitrogen and oxygen atoms in total. The van der Waals surface area contributed by atoms with Crippen LogP contribution in [0.25, 0.3) is 0 Å². The fourth-order valence-corrected chi connectivity index (χ4v) is 2.93. The van der Waals surface area contributed by atoms with Gasteiger partial charge in [-0.3, -0.25) is 0 Å². The third kappa shape index (κ3) is 2.52. The van der Waals surface area contributed by atoms with Crippen molar-refractivity contribution in [1.82, 2.24) is 0 Å². The normalized spacial score (nSPS) is 19.9. The van der Waals surface area contributed by atoms with Gasteiger partial charge in [-0.05, 0) is 41.9 Å². The zero-order valence-electron chi connectivity index (χ0n) is 10.4. The molecule has 0 heterocycles. The number of hydrogen-bond acceptors (Lipinski definition) is 0. The molecule has 0 amide bonds. The topological polar surface area (TPSA) is 0 Å². The molecule has 3 rings (SSSR count). The summed E-state index contributed by atoms with van der Waals surface area (Å²) < 4.78 is 0. The number of allylic oxidation sites excluding steroid dienone is 4. The Hall–Kier alpha value is -1.30. The smallest absolute Gasteiger partial charge is 0.00258 e. The first-order chi connectivity index (χ1) is 8.42.